The van der Waals surface area contributed by atoms with Gasteiger partial charge in [-0.25, -0.2) is 0 Å². The molecule has 0 bridgehead atoms. The maximum atomic E-state index is 8.83. The van der Waals surface area contributed by atoms with Gasteiger partial charge < -0.3 is 9.47 Å². The lowest BCUT2D eigenvalue weighted by Gasteiger charge is -2.14. The van der Waals surface area contributed by atoms with Gasteiger partial charge in [-0.15, -0.1) is 0 Å². The molecule has 3 nitrogen and oxygen atoms in total. The Kier molecular flexibility index (Phi) is 5.03. The van der Waals surface area contributed by atoms with Crippen molar-refractivity contribution in [2.75, 3.05) is 7.11 Å². The van der Waals surface area contributed by atoms with E-state index in [9.17, 15) is 0 Å². The van der Waals surface area contributed by atoms with Crippen molar-refractivity contribution >= 4 is 15.9 Å². The zero-order valence-electron chi connectivity index (χ0n) is 11.1. The summed E-state index contributed by atoms with van der Waals surface area (Å²) < 4.78 is 11.9. The topological polar surface area (TPSA) is 42.2 Å². The van der Waals surface area contributed by atoms with E-state index in [1.807, 2.05) is 42.5 Å². The van der Waals surface area contributed by atoms with Gasteiger partial charge in [0.05, 0.1) is 24.1 Å². The highest BCUT2D eigenvalue weighted by Gasteiger charge is 2.13. The molecule has 4 heteroatoms. The molecular weight excluding hydrogens is 318 g/mol. The SMILES string of the molecule is COc1ccc(CC#N)c(Br)c1OCc1ccccc1. The van der Waals surface area contributed by atoms with Gasteiger partial charge in [-0.3, -0.25) is 0 Å². The van der Waals surface area contributed by atoms with Crippen LogP contribution in [-0.4, -0.2) is 7.11 Å². The van der Waals surface area contributed by atoms with Crippen LogP contribution in [0.1, 0.15) is 11.1 Å². The second-order valence-electron chi connectivity index (χ2n) is 4.18. The molecule has 0 spiro atoms. The first-order valence-corrected chi connectivity index (χ1v) is 6.94. The van der Waals surface area contributed by atoms with Crippen molar-refractivity contribution in [3.8, 4) is 17.6 Å². The third kappa shape index (κ3) is 3.31. The predicted octanol–water partition coefficient (Wildman–Crippen LogP) is 4.10. The molecule has 0 aliphatic rings. The summed E-state index contributed by atoms with van der Waals surface area (Å²) in [5.74, 6) is 1.28. The van der Waals surface area contributed by atoms with Gasteiger partial charge in [-0.05, 0) is 33.1 Å². The van der Waals surface area contributed by atoms with Crippen LogP contribution in [0.25, 0.3) is 0 Å². The molecule has 0 saturated heterocycles. The average molecular weight is 332 g/mol. The third-order valence-electron chi connectivity index (χ3n) is 2.86. The van der Waals surface area contributed by atoms with Crippen molar-refractivity contribution in [3.63, 3.8) is 0 Å². The van der Waals surface area contributed by atoms with E-state index in [-0.39, 0.29) is 0 Å². The van der Waals surface area contributed by atoms with Crippen LogP contribution >= 0.6 is 15.9 Å². The summed E-state index contributed by atoms with van der Waals surface area (Å²) in [5.41, 5.74) is 1.96. The van der Waals surface area contributed by atoms with Crippen LogP contribution in [0, 0.1) is 11.3 Å². The standard InChI is InChI=1S/C16H14BrNO2/c1-19-14-8-7-13(9-10-18)15(17)16(14)20-11-12-5-3-2-4-6-12/h2-8H,9,11H2,1H3. The fourth-order valence-corrected chi connectivity index (χ4v) is 2.41. The average Bonchev–Trinajstić information content (AvgIpc) is 2.49. The summed E-state index contributed by atoms with van der Waals surface area (Å²) in [6, 6.07) is 15.7. The van der Waals surface area contributed by atoms with E-state index in [1.165, 1.54) is 0 Å². The molecule has 0 aliphatic heterocycles. The summed E-state index contributed by atoms with van der Waals surface area (Å²) in [5, 5.41) is 8.83. The number of rotatable bonds is 5. The first-order chi connectivity index (χ1) is 9.76. The molecular formula is C16H14BrNO2. The lowest BCUT2D eigenvalue weighted by atomic mass is 10.1. The Morgan fingerprint density at radius 2 is 1.90 bits per heavy atom. The van der Waals surface area contributed by atoms with Gasteiger partial charge in [0, 0.05) is 0 Å². The van der Waals surface area contributed by atoms with E-state index < -0.39 is 0 Å². The lowest BCUT2D eigenvalue weighted by molar-refractivity contribution is 0.282. The number of nitriles is 1. The van der Waals surface area contributed by atoms with E-state index in [1.54, 1.807) is 7.11 Å². The van der Waals surface area contributed by atoms with Gasteiger partial charge in [0.2, 0.25) is 0 Å². The normalized spacial score (nSPS) is 9.85. The van der Waals surface area contributed by atoms with Crippen LogP contribution < -0.4 is 9.47 Å². The number of nitrogens with zero attached hydrogens (tertiary/aromatic N) is 1. The number of benzene rings is 2. The molecule has 0 fully saturated rings. The molecule has 0 aliphatic carbocycles. The Morgan fingerprint density at radius 3 is 2.55 bits per heavy atom. The van der Waals surface area contributed by atoms with Gasteiger partial charge in [-0.2, -0.15) is 5.26 Å². The summed E-state index contributed by atoms with van der Waals surface area (Å²) in [6.07, 6.45) is 0.326. The molecule has 2 aromatic rings. The number of hydrogen-bond acceptors (Lipinski definition) is 3. The van der Waals surface area contributed by atoms with E-state index in [4.69, 9.17) is 14.7 Å². The van der Waals surface area contributed by atoms with E-state index in [0.29, 0.717) is 24.5 Å². The Bertz CT molecular complexity index is 620. The van der Waals surface area contributed by atoms with Gasteiger partial charge in [-0.1, -0.05) is 36.4 Å². The van der Waals surface area contributed by atoms with Crippen LogP contribution in [0.2, 0.25) is 0 Å². The summed E-state index contributed by atoms with van der Waals surface area (Å²) in [4.78, 5) is 0. The van der Waals surface area contributed by atoms with Crippen molar-refractivity contribution < 1.29 is 9.47 Å². The molecule has 0 saturated carbocycles. The van der Waals surface area contributed by atoms with Crippen LogP contribution in [0.15, 0.2) is 46.9 Å². The van der Waals surface area contributed by atoms with E-state index >= 15 is 0 Å². The van der Waals surface area contributed by atoms with Crippen LogP contribution in [0.3, 0.4) is 0 Å². The fraction of sp³-hybridized carbons (Fsp3) is 0.188. The summed E-state index contributed by atoms with van der Waals surface area (Å²) in [7, 11) is 1.60. The zero-order chi connectivity index (χ0) is 14.4. The summed E-state index contributed by atoms with van der Waals surface area (Å²) >= 11 is 3.49. The largest absolute Gasteiger partial charge is 0.493 e. The smallest absolute Gasteiger partial charge is 0.176 e. The van der Waals surface area contributed by atoms with Gasteiger partial charge in [0.15, 0.2) is 11.5 Å². The minimum atomic E-state index is 0.326. The molecule has 0 heterocycles. The molecule has 2 aromatic carbocycles. The zero-order valence-corrected chi connectivity index (χ0v) is 12.7. The molecule has 0 amide bonds. The number of halogens is 1. The first-order valence-electron chi connectivity index (χ1n) is 6.15. The second-order valence-corrected chi connectivity index (χ2v) is 4.97. The van der Waals surface area contributed by atoms with Crippen LogP contribution in [0.5, 0.6) is 11.5 Å². The minimum Gasteiger partial charge on any atom is -0.493 e. The fourth-order valence-electron chi connectivity index (χ4n) is 1.83. The highest BCUT2D eigenvalue weighted by Crippen LogP contribution is 2.38. The molecule has 102 valence electrons. The lowest BCUT2D eigenvalue weighted by Crippen LogP contribution is -2.00. The summed E-state index contributed by atoms with van der Waals surface area (Å²) in [6.45, 7) is 0.450. The Morgan fingerprint density at radius 1 is 1.15 bits per heavy atom. The minimum absolute atomic E-state index is 0.326. The second kappa shape index (κ2) is 6.97. The van der Waals surface area contributed by atoms with E-state index in [0.717, 1.165) is 15.6 Å². The van der Waals surface area contributed by atoms with Crippen LogP contribution in [0.4, 0.5) is 0 Å². The quantitative estimate of drug-likeness (QED) is 0.828. The monoisotopic (exact) mass is 331 g/mol. The Balaban J connectivity index is 2.25. The molecule has 0 unspecified atom stereocenters. The van der Waals surface area contributed by atoms with Gasteiger partial charge in [0.25, 0.3) is 0 Å². The van der Waals surface area contributed by atoms with Crippen molar-refractivity contribution in [2.24, 2.45) is 0 Å². The third-order valence-corrected chi connectivity index (χ3v) is 3.73. The molecule has 0 aromatic heterocycles. The number of methoxy groups -OCH3 is 1. The first kappa shape index (κ1) is 14.4. The predicted molar refractivity (Wildman–Crippen MR) is 80.8 cm³/mol. The van der Waals surface area contributed by atoms with Gasteiger partial charge >= 0.3 is 0 Å². The van der Waals surface area contributed by atoms with Crippen molar-refractivity contribution in [1.82, 2.24) is 0 Å². The number of hydrogen-bond donors (Lipinski definition) is 0. The maximum Gasteiger partial charge on any atom is 0.176 e. The van der Waals surface area contributed by atoms with Crippen molar-refractivity contribution in [1.29, 1.82) is 5.26 Å². The molecule has 0 radical (unpaired) electrons. The number of ether oxygens (including phenoxy) is 2. The Hall–Kier alpha value is -1.99. The molecule has 0 atom stereocenters. The van der Waals surface area contributed by atoms with E-state index in [2.05, 4.69) is 22.0 Å². The molecule has 0 N–H and O–H groups in total. The highest BCUT2D eigenvalue weighted by molar-refractivity contribution is 9.10. The van der Waals surface area contributed by atoms with Gasteiger partial charge in [0.1, 0.15) is 6.61 Å². The molecule has 2 rings (SSSR count). The maximum absolute atomic E-state index is 8.83. The van der Waals surface area contributed by atoms with Crippen LogP contribution in [-0.2, 0) is 13.0 Å². The van der Waals surface area contributed by atoms with Crippen molar-refractivity contribution in [3.05, 3.63) is 58.1 Å². The highest BCUT2D eigenvalue weighted by atomic mass is 79.9. The van der Waals surface area contributed by atoms with Crippen molar-refractivity contribution in [2.45, 2.75) is 13.0 Å². The molecule has 20 heavy (non-hydrogen) atoms. The Labute approximate surface area is 126 Å².